The summed E-state index contributed by atoms with van der Waals surface area (Å²) in [6.07, 6.45) is 20.0. The van der Waals surface area contributed by atoms with Gasteiger partial charge in [-0.1, -0.05) is 97.1 Å². The van der Waals surface area contributed by atoms with Crippen LogP contribution in [0.5, 0.6) is 0 Å². The fraction of sp³-hybridized carbons (Fsp3) is 0.161. The topological polar surface area (TPSA) is 104 Å². The standard InChI is InChI=1S/C62H44N4O4/c1-5-21-47(39(13-1)55-43-17-9-25-67-51(43)29-63-55)59-33-60(48-22-6-2-14-40(48)56-44-18-10-26-68-52(44)30-64-56)36-61(34-59,49-23-7-3-15-41(49)57-45-19-11-27-69-53(45)31-65-57)38-62(35-59,37-60)50-24-8-4-16-42(50)58-46-20-12-28-70-54(46)32-66-58/h1-32H,33-38H2. The molecule has 4 bridgehead atoms. The minimum absolute atomic E-state index is 0.361. The molecule has 4 aliphatic carbocycles. The minimum Gasteiger partial charge on any atom is -0.463 e. The molecule has 0 unspecified atom stereocenters. The number of nitrogens with zero attached hydrogens (tertiary/aromatic N) is 4. The first-order chi connectivity index (χ1) is 34.5. The molecule has 4 aromatic rings. The van der Waals surface area contributed by atoms with Crippen LogP contribution in [-0.2, 0) is 21.7 Å². The lowest BCUT2D eigenvalue weighted by Gasteiger charge is -2.72. The van der Waals surface area contributed by atoms with Gasteiger partial charge in [0.25, 0.3) is 0 Å². The first kappa shape index (κ1) is 39.6. The number of hydrogen-bond donors (Lipinski definition) is 0. The van der Waals surface area contributed by atoms with Crippen LogP contribution < -0.4 is 0 Å². The molecule has 0 saturated heterocycles. The summed E-state index contributed by atoms with van der Waals surface area (Å²) in [6, 6.07) is 52.9. The lowest BCUT2D eigenvalue weighted by atomic mass is 9.31. The lowest BCUT2D eigenvalue weighted by molar-refractivity contribution is -0.0683. The summed E-state index contributed by atoms with van der Waals surface area (Å²) in [5.74, 6) is 3.12. The fourth-order valence-electron chi connectivity index (χ4n) is 14.8. The predicted octanol–water partition coefficient (Wildman–Crippen LogP) is 15.2. The lowest BCUT2D eigenvalue weighted by Crippen LogP contribution is -2.67. The van der Waals surface area contributed by atoms with Crippen LogP contribution in [0.4, 0.5) is 0 Å². The Hall–Kier alpha value is -8.36. The van der Waals surface area contributed by atoms with Gasteiger partial charge in [0.1, 0.15) is 0 Å². The van der Waals surface area contributed by atoms with Crippen LogP contribution >= 0.6 is 0 Å². The predicted molar refractivity (Wildman–Crippen MR) is 269 cm³/mol. The average molecular weight is 909 g/mol. The Morgan fingerprint density at radius 3 is 0.714 bits per heavy atom. The maximum atomic E-state index is 6.06. The van der Waals surface area contributed by atoms with Crippen molar-refractivity contribution in [1.82, 2.24) is 19.9 Å². The second kappa shape index (κ2) is 14.6. The molecular weight excluding hydrogens is 865 g/mol. The van der Waals surface area contributed by atoms with E-state index in [9.17, 15) is 0 Å². The third kappa shape index (κ3) is 5.58. The van der Waals surface area contributed by atoms with Crippen LogP contribution in [-0.4, -0.2) is 19.9 Å². The zero-order chi connectivity index (χ0) is 46.1. The highest BCUT2D eigenvalue weighted by atomic mass is 16.3. The van der Waals surface area contributed by atoms with Crippen molar-refractivity contribution in [3.8, 4) is 90.3 Å². The molecule has 4 saturated carbocycles. The van der Waals surface area contributed by atoms with Crippen LogP contribution in [0.25, 0.3) is 90.3 Å². The third-order valence-electron chi connectivity index (χ3n) is 16.5. The van der Waals surface area contributed by atoms with Crippen molar-refractivity contribution < 1.29 is 17.7 Å². The first-order valence-electron chi connectivity index (χ1n) is 24.2. The van der Waals surface area contributed by atoms with Gasteiger partial charge in [0.05, 0.1) is 72.6 Å². The van der Waals surface area contributed by atoms with E-state index in [0.717, 1.165) is 129 Å². The van der Waals surface area contributed by atoms with Crippen LogP contribution in [0.2, 0.25) is 0 Å². The van der Waals surface area contributed by atoms with E-state index in [-0.39, 0.29) is 21.7 Å². The Morgan fingerprint density at radius 2 is 0.471 bits per heavy atom. The molecule has 8 aliphatic heterocycles. The van der Waals surface area contributed by atoms with Crippen molar-refractivity contribution in [2.75, 3.05) is 0 Å². The molecule has 0 aromatic heterocycles. The summed E-state index contributed by atoms with van der Waals surface area (Å²) >= 11 is 0. The molecule has 16 rings (SSSR count). The SMILES string of the molecule is c1ccc(C23CC4(c5ccccc5-c5ncc6occcc5-6)CC(c5ccccc5-c5ncc6occcc5-6)(C2)CC(c2ccccc2-c2ncc5occcc2-5)(C3)C4)c(-c2ncc3occcc2-3)c1. The van der Waals surface area contributed by atoms with Gasteiger partial charge in [0.2, 0.25) is 0 Å². The van der Waals surface area contributed by atoms with E-state index in [2.05, 4.69) is 121 Å². The highest BCUT2D eigenvalue weighted by molar-refractivity contribution is 5.87. The Bertz CT molecular complexity index is 3280. The molecule has 4 aromatic carbocycles. The smallest absolute Gasteiger partial charge is 0.154 e. The maximum absolute atomic E-state index is 6.06. The van der Waals surface area contributed by atoms with E-state index in [4.69, 9.17) is 37.6 Å². The molecule has 8 heterocycles. The van der Waals surface area contributed by atoms with Gasteiger partial charge in [-0.15, -0.1) is 0 Å². The Morgan fingerprint density at radius 1 is 0.257 bits per heavy atom. The molecule has 8 heteroatoms. The van der Waals surface area contributed by atoms with Gasteiger partial charge in [-0.3, -0.25) is 19.9 Å². The highest BCUT2D eigenvalue weighted by Crippen LogP contribution is 2.76. The maximum Gasteiger partial charge on any atom is 0.154 e. The second-order valence-corrected chi connectivity index (χ2v) is 20.4. The Labute approximate surface area is 404 Å². The van der Waals surface area contributed by atoms with Crippen molar-refractivity contribution in [2.24, 2.45) is 0 Å². The van der Waals surface area contributed by atoms with Crippen LogP contribution in [0.1, 0.15) is 60.8 Å². The Balaban J connectivity index is 1.05. The van der Waals surface area contributed by atoms with Gasteiger partial charge in [-0.25, -0.2) is 0 Å². The fourth-order valence-corrected chi connectivity index (χ4v) is 14.8. The van der Waals surface area contributed by atoms with E-state index in [1.807, 2.05) is 49.1 Å². The van der Waals surface area contributed by atoms with Gasteiger partial charge in [-0.2, -0.15) is 0 Å². The van der Waals surface area contributed by atoms with E-state index in [0.29, 0.717) is 0 Å². The summed E-state index contributed by atoms with van der Waals surface area (Å²) in [6.45, 7) is 0. The van der Waals surface area contributed by atoms with Gasteiger partial charge in [0, 0.05) is 44.5 Å². The van der Waals surface area contributed by atoms with Gasteiger partial charge in [0.15, 0.2) is 23.0 Å². The second-order valence-electron chi connectivity index (χ2n) is 20.4. The number of rotatable bonds is 8. The first-order valence-corrected chi connectivity index (χ1v) is 24.2. The molecule has 0 radical (unpaired) electrons. The molecule has 0 N–H and O–H groups in total. The summed E-state index contributed by atoms with van der Waals surface area (Å²) in [5, 5.41) is 0. The molecule has 0 amide bonds. The van der Waals surface area contributed by atoms with Crippen molar-refractivity contribution in [1.29, 1.82) is 0 Å². The molecular formula is C62H44N4O4. The van der Waals surface area contributed by atoms with Crippen molar-refractivity contribution >= 4 is 0 Å². The molecule has 8 nitrogen and oxygen atoms in total. The van der Waals surface area contributed by atoms with Crippen molar-refractivity contribution in [2.45, 2.75) is 60.2 Å². The highest BCUT2D eigenvalue weighted by Gasteiger charge is 2.70. The molecule has 4 fully saturated rings. The molecule has 336 valence electrons. The monoisotopic (exact) mass is 908 g/mol. The summed E-state index contributed by atoms with van der Waals surface area (Å²) in [4.78, 5) is 20.7. The Kier molecular flexibility index (Phi) is 8.25. The van der Waals surface area contributed by atoms with Gasteiger partial charge < -0.3 is 17.7 Å². The van der Waals surface area contributed by atoms with Crippen molar-refractivity contribution in [3.63, 3.8) is 0 Å². The quantitative estimate of drug-likeness (QED) is 0.148. The van der Waals surface area contributed by atoms with E-state index >= 15 is 0 Å². The number of hydrogen-bond acceptors (Lipinski definition) is 8. The third-order valence-corrected chi connectivity index (χ3v) is 16.5. The largest absolute Gasteiger partial charge is 0.463 e. The van der Waals surface area contributed by atoms with E-state index < -0.39 is 0 Å². The number of fused-ring (bicyclic) bond motifs is 4. The van der Waals surface area contributed by atoms with Gasteiger partial charge >= 0.3 is 0 Å². The summed E-state index contributed by atoms with van der Waals surface area (Å²) < 4.78 is 24.2. The summed E-state index contributed by atoms with van der Waals surface area (Å²) in [7, 11) is 0. The molecule has 12 aliphatic rings. The number of aromatic nitrogens is 4. The minimum atomic E-state index is -0.361. The molecule has 0 spiro atoms. The van der Waals surface area contributed by atoms with Crippen molar-refractivity contribution in [3.05, 3.63) is 218 Å². The van der Waals surface area contributed by atoms with Crippen LogP contribution in [0, 0.1) is 0 Å². The van der Waals surface area contributed by atoms with E-state index in [1.54, 1.807) is 25.1 Å². The van der Waals surface area contributed by atoms with E-state index in [1.165, 1.54) is 22.3 Å². The number of benzene rings is 4. The summed E-state index contributed by atoms with van der Waals surface area (Å²) in [5.41, 5.74) is 16.3. The zero-order valence-corrected chi connectivity index (χ0v) is 38.1. The van der Waals surface area contributed by atoms with Crippen LogP contribution in [0.15, 0.2) is 213 Å². The molecule has 70 heavy (non-hydrogen) atoms. The average Bonchev–Trinajstić information content (AvgIpc) is 4.25. The molecule has 0 atom stereocenters. The van der Waals surface area contributed by atoms with Gasteiger partial charge in [-0.05, 0) is 131 Å². The van der Waals surface area contributed by atoms with Crippen LogP contribution in [0.3, 0.4) is 0 Å². The normalized spacial score (nSPS) is 22.7. The zero-order valence-electron chi connectivity index (χ0n) is 38.1.